The van der Waals surface area contributed by atoms with Gasteiger partial charge in [0.05, 0.1) is 39.2 Å². The summed E-state index contributed by atoms with van der Waals surface area (Å²) < 4.78 is 26.4. The number of aryl methyl sites for hydroxylation is 1. The van der Waals surface area contributed by atoms with Crippen molar-refractivity contribution in [2.24, 2.45) is 0 Å². The Labute approximate surface area is 191 Å². The van der Waals surface area contributed by atoms with Crippen LogP contribution < -0.4 is 9.64 Å². The number of carbonyl (C=O) groups is 3. The molecule has 0 atom stereocenters. The lowest BCUT2D eigenvalue weighted by atomic mass is 10.1. The van der Waals surface area contributed by atoms with Gasteiger partial charge in [0.15, 0.2) is 5.75 Å². The van der Waals surface area contributed by atoms with Crippen molar-refractivity contribution in [3.63, 3.8) is 0 Å². The van der Waals surface area contributed by atoms with Gasteiger partial charge in [-0.2, -0.15) is 0 Å². The molecular formula is C24H25NO8. The van der Waals surface area contributed by atoms with Crippen molar-refractivity contribution in [3.8, 4) is 5.75 Å². The highest BCUT2D eigenvalue weighted by Crippen LogP contribution is 2.38. The van der Waals surface area contributed by atoms with E-state index in [4.69, 9.17) is 23.7 Å². The van der Waals surface area contributed by atoms with Crippen LogP contribution in [0, 0.1) is 6.92 Å². The fraction of sp³-hybridized carbons (Fsp3) is 0.292. The molecule has 2 aromatic carbocycles. The molecule has 0 saturated carbocycles. The van der Waals surface area contributed by atoms with Crippen molar-refractivity contribution < 1.29 is 38.1 Å². The molecule has 174 valence electrons. The number of anilines is 1. The third-order valence-electron chi connectivity index (χ3n) is 4.97. The van der Waals surface area contributed by atoms with Crippen molar-refractivity contribution in [2.45, 2.75) is 13.5 Å². The second-order valence-corrected chi connectivity index (χ2v) is 7.14. The number of esters is 3. The van der Waals surface area contributed by atoms with E-state index in [1.165, 1.54) is 26.2 Å². The minimum absolute atomic E-state index is 0.00858. The van der Waals surface area contributed by atoms with E-state index in [0.29, 0.717) is 11.3 Å². The zero-order valence-corrected chi connectivity index (χ0v) is 18.9. The SMILES string of the molecule is COC(=O)C1=C(C(=O)OC)N(c2cc(C)cc(C(=O)OC)c2OCc2ccccc2)COC1. The van der Waals surface area contributed by atoms with Gasteiger partial charge in [0.1, 0.15) is 24.6 Å². The predicted octanol–water partition coefficient (Wildman–Crippen LogP) is 2.75. The first-order valence-electron chi connectivity index (χ1n) is 10.1. The van der Waals surface area contributed by atoms with E-state index < -0.39 is 17.9 Å². The second kappa shape index (κ2) is 10.6. The molecule has 0 spiro atoms. The molecule has 0 saturated heterocycles. The van der Waals surface area contributed by atoms with E-state index in [1.54, 1.807) is 19.1 Å². The molecule has 1 aliphatic rings. The van der Waals surface area contributed by atoms with Crippen molar-refractivity contribution in [1.82, 2.24) is 0 Å². The summed E-state index contributed by atoms with van der Waals surface area (Å²) in [6.07, 6.45) is 0. The summed E-state index contributed by atoms with van der Waals surface area (Å²) in [5.74, 6) is -1.92. The molecule has 3 rings (SSSR count). The van der Waals surface area contributed by atoms with Crippen molar-refractivity contribution >= 4 is 23.6 Å². The maximum absolute atomic E-state index is 12.7. The van der Waals surface area contributed by atoms with Crippen molar-refractivity contribution in [1.29, 1.82) is 0 Å². The summed E-state index contributed by atoms with van der Waals surface area (Å²) >= 11 is 0. The van der Waals surface area contributed by atoms with Crippen LogP contribution in [-0.2, 0) is 35.1 Å². The Balaban J connectivity index is 2.18. The van der Waals surface area contributed by atoms with Gasteiger partial charge in [-0.25, -0.2) is 14.4 Å². The number of hydrogen-bond acceptors (Lipinski definition) is 9. The van der Waals surface area contributed by atoms with Crippen LogP contribution in [-0.4, -0.2) is 52.6 Å². The lowest BCUT2D eigenvalue weighted by Crippen LogP contribution is -2.39. The average Bonchev–Trinajstić information content (AvgIpc) is 2.86. The Morgan fingerprint density at radius 3 is 2.24 bits per heavy atom. The topological polar surface area (TPSA) is 101 Å². The highest BCUT2D eigenvalue weighted by atomic mass is 16.5. The van der Waals surface area contributed by atoms with Gasteiger partial charge in [-0.3, -0.25) is 0 Å². The highest BCUT2D eigenvalue weighted by molar-refractivity contribution is 6.04. The molecule has 0 N–H and O–H groups in total. The van der Waals surface area contributed by atoms with Gasteiger partial charge in [0, 0.05) is 0 Å². The number of methoxy groups -OCH3 is 3. The molecule has 9 heteroatoms. The summed E-state index contributed by atoms with van der Waals surface area (Å²) in [4.78, 5) is 39.1. The lowest BCUT2D eigenvalue weighted by molar-refractivity contribution is -0.140. The summed E-state index contributed by atoms with van der Waals surface area (Å²) in [7, 11) is 3.69. The molecular weight excluding hydrogens is 430 g/mol. The highest BCUT2D eigenvalue weighted by Gasteiger charge is 2.35. The number of benzene rings is 2. The molecule has 0 unspecified atom stereocenters. The first-order chi connectivity index (χ1) is 15.9. The van der Waals surface area contributed by atoms with E-state index in [1.807, 2.05) is 30.3 Å². The van der Waals surface area contributed by atoms with Gasteiger partial charge in [0.25, 0.3) is 0 Å². The number of hydrogen-bond donors (Lipinski definition) is 0. The van der Waals surface area contributed by atoms with E-state index >= 15 is 0 Å². The largest absolute Gasteiger partial charge is 0.486 e. The van der Waals surface area contributed by atoms with Crippen LogP contribution >= 0.6 is 0 Å². The Morgan fingerprint density at radius 2 is 1.61 bits per heavy atom. The van der Waals surface area contributed by atoms with Gasteiger partial charge in [-0.1, -0.05) is 30.3 Å². The Bertz CT molecular complexity index is 1080. The third kappa shape index (κ3) is 5.15. The van der Waals surface area contributed by atoms with Crippen molar-refractivity contribution in [3.05, 3.63) is 70.4 Å². The smallest absolute Gasteiger partial charge is 0.355 e. The quantitative estimate of drug-likeness (QED) is 0.461. The van der Waals surface area contributed by atoms with Gasteiger partial charge in [-0.05, 0) is 30.2 Å². The van der Waals surface area contributed by atoms with Gasteiger partial charge in [-0.15, -0.1) is 0 Å². The first kappa shape index (κ1) is 23.8. The molecule has 9 nitrogen and oxygen atoms in total. The maximum Gasteiger partial charge on any atom is 0.355 e. The molecule has 2 aromatic rings. The lowest BCUT2D eigenvalue weighted by Gasteiger charge is -2.33. The zero-order valence-electron chi connectivity index (χ0n) is 18.9. The van der Waals surface area contributed by atoms with E-state index in [0.717, 1.165) is 5.56 Å². The molecule has 0 bridgehead atoms. The van der Waals surface area contributed by atoms with Crippen LogP contribution in [0.25, 0.3) is 0 Å². The zero-order chi connectivity index (χ0) is 24.0. The fourth-order valence-electron chi connectivity index (χ4n) is 3.43. The number of carbonyl (C=O) groups excluding carboxylic acids is 3. The molecule has 0 radical (unpaired) electrons. The normalized spacial score (nSPS) is 13.4. The second-order valence-electron chi connectivity index (χ2n) is 7.14. The van der Waals surface area contributed by atoms with E-state index in [-0.39, 0.29) is 42.5 Å². The van der Waals surface area contributed by atoms with Gasteiger partial charge < -0.3 is 28.6 Å². The molecule has 33 heavy (non-hydrogen) atoms. The summed E-state index contributed by atoms with van der Waals surface area (Å²) in [5, 5.41) is 0. The molecule has 0 aromatic heterocycles. The van der Waals surface area contributed by atoms with Crippen LogP contribution in [0.15, 0.2) is 53.7 Å². The standard InChI is InChI=1S/C24H25NO8/c1-15-10-17(22(26)29-2)21(33-12-16-8-6-5-7-9-16)19(11-15)25-14-32-13-18(23(27)30-3)20(25)24(28)31-4/h5-11H,12-14H2,1-4H3. The predicted molar refractivity (Wildman–Crippen MR) is 118 cm³/mol. The monoisotopic (exact) mass is 455 g/mol. The molecule has 0 fully saturated rings. The van der Waals surface area contributed by atoms with Gasteiger partial charge in [0.2, 0.25) is 0 Å². The number of nitrogens with zero attached hydrogens (tertiary/aromatic N) is 1. The summed E-state index contributed by atoms with van der Waals surface area (Å²) in [6.45, 7) is 1.71. The van der Waals surface area contributed by atoms with Gasteiger partial charge >= 0.3 is 17.9 Å². The maximum atomic E-state index is 12.7. The average molecular weight is 455 g/mol. The van der Waals surface area contributed by atoms with Crippen LogP contribution in [0.5, 0.6) is 5.75 Å². The minimum atomic E-state index is -0.756. The van der Waals surface area contributed by atoms with Crippen LogP contribution in [0.1, 0.15) is 21.5 Å². The first-order valence-corrected chi connectivity index (χ1v) is 10.1. The molecule has 1 heterocycles. The Kier molecular flexibility index (Phi) is 7.68. The van der Waals surface area contributed by atoms with Crippen LogP contribution in [0.3, 0.4) is 0 Å². The Morgan fingerprint density at radius 1 is 0.939 bits per heavy atom. The fourth-order valence-corrected chi connectivity index (χ4v) is 3.43. The number of ether oxygens (including phenoxy) is 5. The molecule has 0 amide bonds. The third-order valence-corrected chi connectivity index (χ3v) is 4.97. The number of rotatable bonds is 7. The minimum Gasteiger partial charge on any atom is -0.486 e. The molecule has 0 aliphatic carbocycles. The van der Waals surface area contributed by atoms with Crippen molar-refractivity contribution in [2.75, 3.05) is 39.6 Å². The van der Waals surface area contributed by atoms with Crippen LogP contribution in [0.4, 0.5) is 5.69 Å². The Hall–Kier alpha value is -3.85. The van der Waals surface area contributed by atoms with E-state index in [9.17, 15) is 14.4 Å². The molecule has 1 aliphatic heterocycles. The summed E-state index contributed by atoms with van der Waals surface area (Å²) in [5.41, 5.74) is 2.01. The van der Waals surface area contributed by atoms with Crippen LogP contribution in [0.2, 0.25) is 0 Å². The van der Waals surface area contributed by atoms with E-state index in [2.05, 4.69) is 0 Å². The summed E-state index contributed by atoms with van der Waals surface area (Å²) in [6, 6.07) is 12.7.